The summed E-state index contributed by atoms with van der Waals surface area (Å²) in [6.07, 6.45) is 11.3. The number of halogens is 1. The first kappa shape index (κ1) is 17.3. The van der Waals surface area contributed by atoms with E-state index in [0.29, 0.717) is 23.7 Å². The van der Waals surface area contributed by atoms with Crippen LogP contribution in [0, 0.1) is 22.0 Å². The summed E-state index contributed by atoms with van der Waals surface area (Å²) in [5.74, 6) is 1.65. The van der Waals surface area contributed by atoms with Gasteiger partial charge in [0.1, 0.15) is 0 Å². The number of fused-ring (bicyclic) bond motifs is 4. The lowest BCUT2D eigenvalue weighted by molar-refractivity contribution is -0.384. The molecule has 0 saturated heterocycles. The Kier molecular flexibility index (Phi) is 3.70. The number of anilines is 1. The number of nitro benzene ring substituents is 1. The molecule has 0 aromatic heterocycles. The second-order valence-electron chi connectivity index (χ2n) is 8.69. The summed E-state index contributed by atoms with van der Waals surface area (Å²) in [6, 6.07) is 11.7. The van der Waals surface area contributed by atoms with Crippen LogP contribution in [-0.4, -0.2) is 11.5 Å². The van der Waals surface area contributed by atoms with E-state index >= 15 is 0 Å². The van der Waals surface area contributed by atoms with Gasteiger partial charge in [-0.15, -0.1) is 0 Å². The third kappa shape index (κ3) is 2.45. The van der Waals surface area contributed by atoms with Crippen molar-refractivity contribution < 1.29 is 4.92 Å². The van der Waals surface area contributed by atoms with Crippen LogP contribution >= 0.6 is 11.6 Å². The van der Waals surface area contributed by atoms with E-state index in [1.54, 1.807) is 12.1 Å². The van der Waals surface area contributed by atoms with E-state index in [-0.39, 0.29) is 16.7 Å². The summed E-state index contributed by atoms with van der Waals surface area (Å²) < 4.78 is 0. The van der Waals surface area contributed by atoms with Crippen LogP contribution < -0.4 is 4.90 Å². The summed E-state index contributed by atoms with van der Waals surface area (Å²) in [4.78, 5) is 13.7. The van der Waals surface area contributed by atoms with Crippen LogP contribution in [0.3, 0.4) is 0 Å². The van der Waals surface area contributed by atoms with Gasteiger partial charge in [0.05, 0.1) is 11.0 Å². The number of benzene rings is 2. The molecule has 5 unspecified atom stereocenters. The Bertz CT molecular complexity index is 1080. The molecule has 2 heterocycles. The highest BCUT2D eigenvalue weighted by molar-refractivity contribution is 6.30. The molecule has 0 radical (unpaired) electrons. The number of hydrogen-bond donors (Lipinski definition) is 0. The van der Waals surface area contributed by atoms with Crippen molar-refractivity contribution >= 4 is 23.0 Å². The number of nitro groups is 1. The third-order valence-electron chi connectivity index (χ3n) is 7.24. The van der Waals surface area contributed by atoms with Gasteiger partial charge in [-0.3, -0.25) is 10.1 Å². The standard InChI is InChI=1S/C24H21ClN2O2/c25-16-11-21-18-7-2-5-15(18)13-26-23(14-4-1-6-17(10-14)27(28)29)20-9-3-8-19(20)22(12-16)24(21)26/h1-4,6-8,10-12,15,18-20,23H,5,9,13H2. The first-order valence-corrected chi connectivity index (χ1v) is 10.7. The fourth-order valence-corrected chi connectivity index (χ4v) is 6.37. The highest BCUT2D eigenvalue weighted by Crippen LogP contribution is 2.59. The summed E-state index contributed by atoms with van der Waals surface area (Å²) in [5.41, 5.74) is 5.18. The van der Waals surface area contributed by atoms with Crippen LogP contribution in [0.25, 0.3) is 0 Å². The summed E-state index contributed by atoms with van der Waals surface area (Å²) in [6.45, 7) is 0.982. The van der Waals surface area contributed by atoms with E-state index in [1.165, 1.54) is 16.8 Å². The molecule has 0 amide bonds. The van der Waals surface area contributed by atoms with E-state index in [1.807, 2.05) is 6.07 Å². The van der Waals surface area contributed by atoms with Crippen LogP contribution in [0.5, 0.6) is 0 Å². The highest BCUT2D eigenvalue weighted by atomic mass is 35.5. The van der Waals surface area contributed by atoms with Crippen LogP contribution in [0.2, 0.25) is 5.02 Å². The molecule has 6 rings (SSSR count). The van der Waals surface area contributed by atoms with Crippen molar-refractivity contribution in [3.8, 4) is 0 Å². The minimum absolute atomic E-state index is 0.142. The van der Waals surface area contributed by atoms with Crippen LogP contribution in [0.1, 0.15) is 47.4 Å². The van der Waals surface area contributed by atoms with Gasteiger partial charge in [-0.05, 0) is 53.5 Å². The summed E-state index contributed by atoms with van der Waals surface area (Å²) in [5, 5.41) is 12.2. The molecule has 2 aromatic rings. The molecule has 146 valence electrons. The molecule has 4 nitrogen and oxygen atoms in total. The molecule has 2 aliphatic carbocycles. The molecular formula is C24H21ClN2O2. The second kappa shape index (κ2) is 6.20. The van der Waals surface area contributed by atoms with Gasteiger partial charge in [-0.1, -0.05) is 48.0 Å². The zero-order valence-electron chi connectivity index (χ0n) is 15.9. The average molecular weight is 405 g/mol. The largest absolute Gasteiger partial charge is 0.363 e. The normalized spacial score (nSPS) is 30.8. The molecule has 2 aromatic carbocycles. The molecule has 2 aliphatic heterocycles. The molecule has 5 atom stereocenters. The van der Waals surface area contributed by atoms with Crippen molar-refractivity contribution in [1.82, 2.24) is 0 Å². The number of hydrogen-bond acceptors (Lipinski definition) is 3. The summed E-state index contributed by atoms with van der Waals surface area (Å²) in [7, 11) is 0. The Balaban J connectivity index is 1.57. The number of rotatable bonds is 2. The first-order chi connectivity index (χ1) is 14.1. The fourth-order valence-electron chi connectivity index (χ4n) is 6.14. The fraction of sp³-hybridized carbons (Fsp3) is 0.333. The van der Waals surface area contributed by atoms with Crippen LogP contribution in [0.4, 0.5) is 11.4 Å². The minimum Gasteiger partial charge on any atom is -0.363 e. The van der Waals surface area contributed by atoms with Gasteiger partial charge in [0, 0.05) is 41.2 Å². The molecule has 0 spiro atoms. The average Bonchev–Trinajstić information content (AvgIpc) is 3.37. The lowest BCUT2D eigenvalue weighted by Crippen LogP contribution is -2.46. The molecule has 5 heteroatoms. The predicted octanol–water partition coefficient (Wildman–Crippen LogP) is 6.14. The smallest absolute Gasteiger partial charge is 0.269 e. The first-order valence-electron chi connectivity index (χ1n) is 10.3. The topological polar surface area (TPSA) is 46.4 Å². The SMILES string of the molecule is O=[N+]([O-])c1cccc(C2C3CC=CC3c3cc(Cl)cc4c3N2CC2CC=CC42)c1. The molecule has 0 saturated carbocycles. The molecule has 4 aliphatic rings. The Morgan fingerprint density at radius 2 is 1.79 bits per heavy atom. The maximum Gasteiger partial charge on any atom is 0.269 e. The van der Waals surface area contributed by atoms with E-state index in [9.17, 15) is 10.1 Å². The van der Waals surface area contributed by atoms with Crippen molar-refractivity contribution in [2.75, 3.05) is 11.4 Å². The minimum atomic E-state index is -0.289. The monoisotopic (exact) mass is 404 g/mol. The Morgan fingerprint density at radius 1 is 1.03 bits per heavy atom. The van der Waals surface area contributed by atoms with Gasteiger partial charge < -0.3 is 4.90 Å². The quantitative estimate of drug-likeness (QED) is 0.343. The predicted molar refractivity (Wildman–Crippen MR) is 115 cm³/mol. The van der Waals surface area contributed by atoms with E-state index < -0.39 is 0 Å². The van der Waals surface area contributed by atoms with Gasteiger partial charge >= 0.3 is 0 Å². The molecule has 29 heavy (non-hydrogen) atoms. The second-order valence-corrected chi connectivity index (χ2v) is 9.12. The maximum absolute atomic E-state index is 11.4. The number of nitrogens with zero attached hydrogens (tertiary/aromatic N) is 2. The van der Waals surface area contributed by atoms with Crippen molar-refractivity contribution in [2.45, 2.75) is 30.7 Å². The van der Waals surface area contributed by atoms with Gasteiger partial charge in [-0.2, -0.15) is 0 Å². The number of allylic oxidation sites excluding steroid dienone is 4. The van der Waals surface area contributed by atoms with Crippen molar-refractivity contribution in [3.05, 3.63) is 92.5 Å². The Labute approximate surface area is 174 Å². The molecule has 0 bridgehead atoms. The van der Waals surface area contributed by atoms with E-state index in [4.69, 9.17) is 11.6 Å². The van der Waals surface area contributed by atoms with Crippen LogP contribution in [-0.2, 0) is 0 Å². The highest BCUT2D eigenvalue weighted by Gasteiger charge is 2.47. The summed E-state index contributed by atoms with van der Waals surface area (Å²) >= 11 is 6.58. The maximum atomic E-state index is 11.4. The van der Waals surface area contributed by atoms with E-state index in [2.05, 4.69) is 47.4 Å². The molecular weight excluding hydrogens is 384 g/mol. The Hall–Kier alpha value is -2.59. The van der Waals surface area contributed by atoms with Crippen molar-refractivity contribution in [2.24, 2.45) is 11.8 Å². The van der Waals surface area contributed by atoms with Crippen molar-refractivity contribution in [3.63, 3.8) is 0 Å². The lowest BCUT2D eigenvalue weighted by atomic mass is 9.70. The van der Waals surface area contributed by atoms with Gasteiger partial charge in [0.15, 0.2) is 0 Å². The number of non-ortho nitro benzene ring substituents is 1. The molecule has 0 N–H and O–H groups in total. The molecule has 0 fully saturated rings. The van der Waals surface area contributed by atoms with Gasteiger partial charge in [-0.25, -0.2) is 0 Å². The Morgan fingerprint density at radius 3 is 2.62 bits per heavy atom. The van der Waals surface area contributed by atoms with E-state index in [0.717, 1.165) is 30.0 Å². The van der Waals surface area contributed by atoms with Gasteiger partial charge in [0.2, 0.25) is 0 Å². The van der Waals surface area contributed by atoms with Crippen LogP contribution in [0.15, 0.2) is 60.7 Å². The van der Waals surface area contributed by atoms with Crippen molar-refractivity contribution in [1.29, 1.82) is 0 Å². The van der Waals surface area contributed by atoms with Gasteiger partial charge in [0.25, 0.3) is 5.69 Å². The zero-order valence-corrected chi connectivity index (χ0v) is 16.6. The zero-order chi connectivity index (χ0) is 19.7. The third-order valence-corrected chi connectivity index (χ3v) is 7.46. The lowest BCUT2D eigenvalue weighted by Gasteiger charge is -2.51.